The Bertz CT molecular complexity index is 917. The predicted octanol–water partition coefficient (Wildman–Crippen LogP) is 2.64. The second-order valence-electron chi connectivity index (χ2n) is 6.62. The molecule has 0 aliphatic rings. The molecule has 2 amide bonds. The van der Waals surface area contributed by atoms with Crippen LogP contribution in [-0.4, -0.2) is 37.3 Å². The number of carbonyl (C=O) groups is 2. The number of nitrogens with zero attached hydrogens (tertiary/aromatic N) is 4. The first-order chi connectivity index (χ1) is 13.7. The van der Waals surface area contributed by atoms with E-state index in [1.807, 2.05) is 18.4 Å². The largest absolute Gasteiger partial charge is 0.370 e. The summed E-state index contributed by atoms with van der Waals surface area (Å²) in [4.78, 5) is 33.9. The predicted molar refractivity (Wildman–Crippen MR) is 110 cm³/mol. The molecule has 10 nitrogen and oxygen atoms in total. The van der Waals surface area contributed by atoms with E-state index in [9.17, 15) is 19.7 Å². The normalized spacial score (nSPS) is 10.9. The van der Waals surface area contributed by atoms with E-state index in [2.05, 4.69) is 15.5 Å². The number of benzene rings is 1. The zero-order valence-corrected chi connectivity index (χ0v) is 17.5. The molecule has 156 valence electrons. The van der Waals surface area contributed by atoms with Crippen LogP contribution < -0.4 is 11.1 Å². The molecule has 2 aromatic rings. The summed E-state index contributed by atoms with van der Waals surface area (Å²) >= 11 is 6.93. The number of nitrogens with one attached hydrogen (secondary N) is 1. The monoisotopic (exact) mass is 440 g/mol. The van der Waals surface area contributed by atoms with Gasteiger partial charge in [0.1, 0.15) is 11.5 Å². The van der Waals surface area contributed by atoms with Gasteiger partial charge in [0.15, 0.2) is 5.16 Å². The molecule has 0 atom stereocenters. The zero-order chi connectivity index (χ0) is 21.6. The highest BCUT2D eigenvalue weighted by Gasteiger charge is 2.19. The minimum atomic E-state index is -0.612. The Hall–Kier alpha value is -2.66. The van der Waals surface area contributed by atoms with Crippen molar-refractivity contribution >= 4 is 46.6 Å². The molecule has 2 rings (SSSR count). The molecule has 0 radical (unpaired) electrons. The van der Waals surface area contributed by atoms with Crippen molar-refractivity contribution in [1.29, 1.82) is 0 Å². The second kappa shape index (κ2) is 10.2. The molecule has 0 spiro atoms. The van der Waals surface area contributed by atoms with Crippen molar-refractivity contribution < 1.29 is 14.5 Å². The highest BCUT2D eigenvalue weighted by atomic mass is 35.5. The van der Waals surface area contributed by atoms with E-state index in [4.69, 9.17) is 17.3 Å². The van der Waals surface area contributed by atoms with Crippen molar-refractivity contribution in [3.63, 3.8) is 0 Å². The van der Waals surface area contributed by atoms with Crippen LogP contribution in [0.2, 0.25) is 5.02 Å². The van der Waals surface area contributed by atoms with Crippen molar-refractivity contribution in [2.24, 2.45) is 11.7 Å². The van der Waals surface area contributed by atoms with E-state index >= 15 is 0 Å². The molecular formula is C17H21ClN6O4S. The minimum Gasteiger partial charge on any atom is -0.370 e. The number of nitrogens with two attached hydrogens (primary N) is 1. The Morgan fingerprint density at radius 3 is 2.72 bits per heavy atom. The van der Waals surface area contributed by atoms with Crippen LogP contribution in [0.15, 0.2) is 23.4 Å². The van der Waals surface area contributed by atoms with E-state index in [0.717, 1.165) is 11.8 Å². The lowest BCUT2D eigenvalue weighted by molar-refractivity contribution is -0.383. The highest BCUT2D eigenvalue weighted by molar-refractivity contribution is 7.99. The van der Waals surface area contributed by atoms with Gasteiger partial charge in [-0.05, 0) is 18.1 Å². The van der Waals surface area contributed by atoms with Crippen LogP contribution in [0, 0.1) is 16.0 Å². The molecule has 0 saturated carbocycles. The van der Waals surface area contributed by atoms with Crippen molar-refractivity contribution in [1.82, 2.24) is 14.8 Å². The summed E-state index contributed by atoms with van der Waals surface area (Å²) in [5, 5.41) is 22.6. The Morgan fingerprint density at radius 1 is 1.38 bits per heavy atom. The number of aromatic nitrogens is 3. The topological polar surface area (TPSA) is 146 Å². The average Bonchev–Trinajstić information content (AvgIpc) is 3.00. The molecule has 0 fully saturated rings. The second-order valence-corrected chi connectivity index (χ2v) is 8.00. The number of thioether (sulfide) groups is 1. The molecule has 12 heteroatoms. The van der Waals surface area contributed by atoms with Crippen molar-refractivity contribution in [3.05, 3.63) is 39.2 Å². The van der Waals surface area contributed by atoms with Crippen molar-refractivity contribution in [2.75, 3.05) is 11.1 Å². The number of anilines is 1. The fraction of sp³-hybridized carbons (Fsp3) is 0.412. The van der Waals surface area contributed by atoms with Gasteiger partial charge < -0.3 is 15.6 Å². The first kappa shape index (κ1) is 22.6. The molecule has 1 heterocycles. The average molecular weight is 441 g/mol. The maximum absolute atomic E-state index is 12.3. The number of halogens is 1. The summed E-state index contributed by atoms with van der Waals surface area (Å²) in [6.45, 7) is 4.67. The molecule has 0 unspecified atom stereocenters. The number of hydrogen-bond acceptors (Lipinski definition) is 7. The number of hydrogen-bond donors (Lipinski definition) is 2. The maximum atomic E-state index is 12.3. The lowest BCUT2D eigenvalue weighted by Crippen LogP contribution is -2.17. The van der Waals surface area contributed by atoms with Crippen molar-refractivity contribution in [3.8, 4) is 0 Å². The molecule has 0 aliphatic carbocycles. The van der Waals surface area contributed by atoms with Gasteiger partial charge in [-0.15, -0.1) is 10.2 Å². The van der Waals surface area contributed by atoms with E-state index in [1.54, 1.807) is 0 Å². The number of amides is 2. The lowest BCUT2D eigenvalue weighted by atomic mass is 10.2. The summed E-state index contributed by atoms with van der Waals surface area (Å²) in [6.07, 6.45) is 0.514. The summed E-state index contributed by atoms with van der Waals surface area (Å²) < 4.78 is 1.86. The number of nitro benzene ring substituents is 1. The number of carbonyl (C=O) groups excluding carboxylic acids is 2. The van der Waals surface area contributed by atoms with Crippen LogP contribution in [0.1, 0.15) is 26.1 Å². The van der Waals surface area contributed by atoms with E-state index in [-0.39, 0.29) is 28.6 Å². The minimum absolute atomic E-state index is 0.0220. The fourth-order valence-electron chi connectivity index (χ4n) is 2.47. The van der Waals surface area contributed by atoms with E-state index < -0.39 is 16.7 Å². The van der Waals surface area contributed by atoms with Crippen LogP contribution in [0.5, 0.6) is 0 Å². The van der Waals surface area contributed by atoms with Gasteiger partial charge in [0.05, 0.1) is 10.7 Å². The quantitative estimate of drug-likeness (QED) is 0.328. The Morgan fingerprint density at radius 2 is 2.10 bits per heavy atom. The van der Waals surface area contributed by atoms with Crippen LogP contribution in [0.3, 0.4) is 0 Å². The SMILES string of the molecule is CC(C)Cn1c(CCC(N)=O)nnc1SCC(=O)Nc1ccc(Cl)cc1[N+](=O)[O-]. The van der Waals surface area contributed by atoms with Gasteiger partial charge in [0, 0.05) is 30.5 Å². The molecule has 0 saturated heterocycles. The van der Waals surface area contributed by atoms with Gasteiger partial charge in [-0.1, -0.05) is 37.2 Å². The number of nitro groups is 1. The molecule has 29 heavy (non-hydrogen) atoms. The first-order valence-corrected chi connectivity index (χ1v) is 10.1. The summed E-state index contributed by atoms with van der Waals surface area (Å²) in [6, 6.07) is 4.02. The van der Waals surface area contributed by atoms with Gasteiger partial charge in [-0.3, -0.25) is 19.7 Å². The molecular weight excluding hydrogens is 420 g/mol. The van der Waals surface area contributed by atoms with Gasteiger partial charge in [0.25, 0.3) is 5.69 Å². The molecule has 1 aromatic carbocycles. The molecule has 0 aliphatic heterocycles. The number of primary amides is 1. The standard InChI is InChI=1S/C17H21ClN6O4S/c1-10(2)8-23-15(6-5-14(19)25)21-22-17(23)29-9-16(26)20-12-4-3-11(18)7-13(12)24(27)28/h3-4,7,10H,5-6,8-9H2,1-2H3,(H2,19,25)(H,20,26). The Labute approximate surface area is 176 Å². The summed E-state index contributed by atoms with van der Waals surface area (Å²) in [7, 11) is 0. The van der Waals surface area contributed by atoms with Crippen LogP contribution in [0.4, 0.5) is 11.4 Å². The number of rotatable bonds is 10. The Kier molecular flexibility index (Phi) is 7.97. The zero-order valence-electron chi connectivity index (χ0n) is 15.9. The smallest absolute Gasteiger partial charge is 0.294 e. The highest BCUT2D eigenvalue weighted by Crippen LogP contribution is 2.28. The summed E-state index contributed by atoms with van der Waals surface area (Å²) in [5.74, 6) is 0.0312. The van der Waals surface area contributed by atoms with Gasteiger partial charge >= 0.3 is 0 Å². The third kappa shape index (κ3) is 6.71. The fourth-order valence-corrected chi connectivity index (χ4v) is 3.41. The van der Waals surface area contributed by atoms with Gasteiger partial charge in [-0.25, -0.2) is 0 Å². The molecule has 0 bridgehead atoms. The molecule has 3 N–H and O–H groups in total. The van der Waals surface area contributed by atoms with Crippen LogP contribution in [-0.2, 0) is 22.6 Å². The van der Waals surface area contributed by atoms with Crippen LogP contribution in [0.25, 0.3) is 0 Å². The molecule has 1 aromatic heterocycles. The van der Waals surface area contributed by atoms with E-state index in [0.29, 0.717) is 29.9 Å². The maximum Gasteiger partial charge on any atom is 0.294 e. The van der Waals surface area contributed by atoms with Crippen LogP contribution >= 0.6 is 23.4 Å². The first-order valence-electron chi connectivity index (χ1n) is 8.74. The third-order valence-corrected chi connectivity index (χ3v) is 4.90. The lowest BCUT2D eigenvalue weighted by Gasteiger charge is -2.12. The number of aryl methyl sites for hydroxylation is 1. The van der Waals surface area contributed by atoms with Gasteiger partial charge in [-0.2, -0.15) is 0 Å². The van der Waals surface area contributed by atoms with E-state index in [1.165, 1.54) is 18.2 Å². The third-order valence-electron chi connectivity index (χ3n) is 3.70. The Balaban J connectivity index is 2.08. The van der Waals surface area contributed by atoms with Crippen molar-refractivity contribution in [2.45, 2.75) is 38.4 Å². The summed E-state index contributed by atoms with van der Waals surface area (Å²) in [5.41, 5.74) is 4.98. The van der Waals surface area contributed by atoms with Gasteiger partial charge in [0.2, 0.25) is 11.8 Å².